The Hall–Kier alpha value is -1.78. The first-order valence-electron chi connectivity index (χ1n) is 9.44. The van der Waals surface area contributed by atoms with Crippen LogP contribution in [-0.4, -0.2) is 30.9 Å². The van der Waals surface area contributed by atoms with Crippen molar-refractivity contribution in [2.75, 3.05) is 18.9 Å². The SMILES string of the molecule is CC[C@@H](CNC(=O)c1ccccc1SC[C@H]1CCCO1)c1ccccc1. The summed E-state index contributed by atoms with van der Waals surface area (Å²) in [4.78, 5) is 13.8. The lowest BCUT2D eigenvalue weighted by molar-refractivity contribution is 0.0947. The average molecular weight is 370 g/mol. The number of hydrogen-bond acceptors (Lipinski definition) is 3. The normalized spacial score (nSPS) is 17.8. The van der Waals surface area contributed by atoms with Gasteiger partial charge in [-0.25, -0.2) is 0 Å². The summed E-state index contributed by atoms with van der Waals surface area (Å²) < 4.78 is 5.70. The van der Waals surface area contributed by atoms with E-state index in [1.54, 1.807) is 11.8 Å². The Morgan fingerprint density at radius 1 is 1.19 bits per heavy atom. The first-order chi connectivity index (χ1) is 12.8. The van der Waals surface area contributed by atoms with E-state index in [9.17, 15) is 4.79 Å². The maximum absolute atomic E-state index is 12.8. The molecule has 1 amide bonds. The van der Waals surface area contributed by atoms with Gasteiger partial charge in [-0.1, -0.05) is 49.4 Å². The van der Waals surface area contributed by atoms with Gasteiger partial charge in [-0.15, -0.1) is 11.8 Å². The van der Waals surface area contributed by atoms with Crippen molar-refractivity contribution >= 4 is 17.7 Å². The third-order valence-corrected chi connectivity index (χ3v) is 6.06. The van der Waals surface area contributed by atoms with Crippen LogP contribution in [0.2, 0.25) is 0 Å². The molecule has 1 fully saturated rings. The molecule has 2 atom stereocenters. The van der Waals surface area contributed by atoms with Gasteiger partial charge >= 0.3 is 0 Å². The second-order valence-corrected chi connectivity index (χ2v) is 7.73. The number of benzene rings is 2. The van der Waals surface area contributed by atoms with E-state index in [0.717, 1.165) is 42.1 Å². The molecule has 0 radical (unpaired) electrons. The molecule has 0 saturated carbocycles. The first-order valence-corrected chi connectivity index (χ1v) is 10.4. The van der Waals surface area contributed by atoms with Crippen molar-refractivity contribution in [1.29, 1.82) is 0 Å². The van der Waals surface area contributed by atoms with Gasteiger partial charge in [0, 0.05) is 29.7 Å². The number of hydrogen-bond donors (Lipinski definition) is 1. The fourth-order valence-electron chi connectivity index (χ4n) is 3.27. The largest absolute Gasteiger partial charge is 0.377 e. The number of thioether (sulfide) groups is 1. The van der Waals surface area contributed by atoms with Crippen LogP contribution in [-0.2, 0) is 4.74 Å². The van der Waals surface area contributed by atoms with E-state index < -0.39 is 0 Å². The summed E-state index contributed by atoms with van der Waals surface area (Å²) in [5.74, 6) is 1.26. The monoisotopic (exact) mass is 369 g/mol. The zero-order valence-corrected chi connectivity index (χ0v) is 16.1. The van der Waals surface area contributed by atoms with Crippen LogP contribution in [0.5, 0.6) is 0 Å². The summed E-state index contributed by atoms with van der Waals surface area (Å²) in [6, 6.07) is 18.3. The number of carbonyl (C=O) groups is 1. The summed E-state index contributed by atoms with van der Waals surface area (Å²) in [6.07, 6.45) is 3.58. The predicted molar refractivity (Wildman–Crippen MR) is 108 cm³/mol. The molecule has 4 heteroatoms. The fourth-order valence-corrected chi connectivity index (χ4v) is 4.39. The minimum atomic E-state index is 0.00909. The Bertz CT molecular complexity index is 698. The van der Waals surface area contributed by atoms with Crippen molar-refractivity contribution < 1.29 is 9.53 Å². The molecule has 0 unspecified atom stereocenters. The molecule has 1 aliphatic heterocycles. The van der Waals surface area contributed by atoms with Crippen molar-refractivity contribution in [2.45, 2.75) is 43.1 Å². The van der Waals surface area contributed by atoms with Gasteiger partial charge in [0.15, 0.2) is 0 Å². The van der Waals surface area contributed by atoms with Crippen LogP contribution >= 0.6 is 11.8 Å². The molecule has 138 valence electrons. The van der Waals surface area contributed by atoms with Crippen LogP contribution < -0.4 is 5.32 Å². The highest BCUT2D eigenvalue weighted by atomic mass is 32.2. The van der Waals surface area contributed by atoms with E-state index in [4.69, 9.17) is 4.74 Å². The highest BCUT2D eigenvalue weighted by molar-refractivity contribution is 7.99. The van der Waals surface area contributed by atoms with Crippen LogP contribution in [0.15, 0.2) is 59.5 Å². The number of nitrogens with one attached hydrogen (secondary N) is 1. The standard InChI is InChI=1S/C22H27NO2S/c1-2-17(18-9-4-3-5-10-18)15-23-22(24)20-12-6-7-13-21(20)26-16-19-11-8-14-25-19/h3-7,9-10,12-13,17,19H,2,8,11,14-16H2,1H3,(H,23,24)/t17-,19+/m0/s1. The maximum atomic E-state index is 12.8. The molecule has 3 rings (SSSR count). The van der Waals surface area contributed by atoms with Gasteiger partial charge in [-0.05, 0) is 37.0 Å². The van der Waals surface area contributed by atoms with Crippen LogP contribution in [0, 0.1) is 0 Å². The molecule has 0 aliphatic carbocycles. The van der Waals surface area contributed by atoms with Crippen molar-refractivity contribution in [3.05, 3.63) is 65.7 Å². The highest BCUT2D eigenvalue weighted by Gasteiger charge is 2.18. The van der Waals surface area contributed by atoms with Gasteiger partial charge in [0.25, 0.3) is 5.91 Å². The lowest BCUT2D eigenvalue weighted by atomic mass is 9.96. The van der Waals surface area contributed by atoms with Crippen LogP contribution in [0.4, 0.5) is 0 Å². The van der Waals surface area contributed by atoms with E-state index in [0.29, 0.717) is 18.6 Å². The van der Waals surface area contributed by atoms with E-state index in [-0.39, 0.29) is 5.91 Å². The summed E-state index contributed by atoms with van der Waals surface area (Å²) in [6.45, 7) is 3.69. The number of rotatable bonds is 8. The minimum Gasteiger partial charge on any atom is -0.377 e. The lowest BCUT2D eigenvalue weighted by Crippen LogP contribution is -2.28. The first kappa shape index (κ1) is 19.0. The topological polar surface area (TPSA) is 38.3 Å². The zero-order valence-electron chi connectivity index (χ0n) is 15.3. The van der Waals surface area contributed by atoms with Gasteiger partial charge in [-0.3, -0.25) is 4.79 Å². The van der Waals surface area contributed by atoms with E-state index in [2.05, 4.69) is 36.5 Å². The molecular weight excluding hydrogens is 342 g/mol. The molecule has 2 aromatic carbocycles. The third kappa shape index (κ3) is 5.12. The van der Waals surface area contributed by atoms with Crippen LogP contribution in [0.3, 0.4) is 0 Å². The Morgan fingerprint density at radius 3 is 2.69 bits per heavy atom. The van der Waals surface area contributed by atoms with Gasteiger partial charge in [-0.2, -0.15) is 0 Å². The smallest absolute Gasteiger partial charge is 0.252 e. The summed E-state index contributed by atoms with van der Waals surface area (Å²) in [7, 11) is 0. The summed E-state index contributed by atoms with van der Waals surface area (Å²) in [5, 5.41) is 3.13. The maximum Gasteiger partial charge on any atom is 0.252 e. The van der Waals surface area contributed by atoms with E-state index >= 15 is 0 Å². The zero-order chi connectivity index (χ0) is 18.2. The third-order valence-electron chi connectivity index (χ3n) is 4.85. The molecular formula is C22H27NO2S. The Morgan fingerprint density at radius 2 is 1.96 bits per heavy atom. The predicted octanol–water partition coefficient (Wildman–Crippen LogP) is 4.88. The second kappa shape index (κ2) is 9.79. The van der Waals surface area contributed by atoms with Crippen LogP contribution in [0.25, 0.3) is 0 Å². The van der Waals surface area contributed by atoms with Gasteiger partial charge in [0.1, 0.15) is 0 Å². The molecule has 0 aromatic heterocycles. The molecule has 1 N–H and O–H groups in total. The highest BCUT2D eigenvalue weighted by Crippen LogP contribution is 2.27. The molecule has 3 nitrogen and oxygen atoms in total. The molecule has 2 aromatic rings. The number of amides is 1. The molecule has 0 spiro atoms. The fraction of sp³-hybridized carbons (Fsp3) is 0.409. The lowest BCUT2D eigenvalue weighted by Gasteiger charge is -2.17. The van der Waals surface area contributed by atoms with Gasteiger partial charge in [0.2, 0.25) is 0 Å². The second-order valence-electron chi connectivity index (χ2n) is 6.67. The minimum absolute atomic E-state index is 0.00909. The van der Waals surface area contributed by atoms with Crippen molar-refractivity contribution in [2.24, 2.45) is 0 Å². The summed E-state index contributed by atoms with van der Waals surface area (Å²) >= 11 is 1.72. The van der Waals surface area contributed by atoms with Crippen molar-refractivity contribution in [1.82, 2.24) is 5.32 Å². The Labute approximate surface area is 160 Å². The molecule has 1 saturated heterocycles. The molecule has 26 heavy (non-hydrogen) atoms. The van der Waals surface area contributed by atoms with E-state index in [1.807, 2.05) is 30.3 Å². The number of carbonyl (C=O) groups excluding carboxylic acids is 1. The van der Waals surface area contributed by atoms with Crippen LogP contribution in [0.1, 0.15) is 48.0 Å². The van der Waals surface area contributed by atoms with Gasteiger partial charge in [0.05, 0.1) is 11.7 Å². The van der Waals surface area contributed by atoms with Crippen molar-refractivity contribution in [3.8, 4) is 0 Å². The Balaban J connectivity index is 1.60. The molecule has 1 aliphatic rings. The van der Waals surface area contributed by atoms with Crippen molar-refractivity contribution in [3.63, 3.8) is 0 Å². The quantitative estimate of drug-likeness (QED) is 0.674. The molecule has 1 heterocycles. The Kier molecular flexibility index (Phi) is 7.15. The number of ether oxygens (including phenoxy) is 1. The summed E-state index contributed by atoms with van der Waals surface area (Å²) in [5.41, 5.74) is 2.04. The van der Waals surface area contributed by atoms with E-state index in [1.165, 1.54) is 5.56 Å². The average Bonchev–Trinajstić information content (AvgIpc) is 3.21. The van der Waals surface area contributed by atoms with Gasteiger partial charge < -0.3 is 10.1 Å². The molecule has 0 bridgehead atoms.